The van der Waals surface area contributed by atoms with Gasteiger partial charge >= 0.3 is 5.97 Å². The molecule has 170 valence electrons. The molecule has 0 saturated heterocycles. The van der Waals surface area contributed by atoms with Crippen LogP contribution in [0.3, 0.4) is 0 Å². The first-order valence-corrected chi connectivity index (χ1v) is 12.2. The number of ether oxygens (including phenoxy) is 2. The topological polar surface area (TPSA) is 59.6 Å². The third-order valence-electron chi connectivity index (χ3n) is 5.04. The van der Waals surface area contributed by atoms with Crippen LogP contribution in [0.5, 0.6) is 5.75 Å². The van der Waals surface area contributed by atoms with Crippen molar-refractivity contribution in [2.75, 3.05) is 32.1 Å². The van der Waals surface area contributed by atoms with Gasteiger partial charge in [-0.15, -0.1) is 0 Å². The molecule has 1 saturated carbocycles. The summed E-state index contributed by atoms with van der Waals surface area (Å²) >= 11 is 1.72. The molecule has 0 heterocycles. The monoisotopic (exact) mass is 440 g/mol. The molecule has 1 unspecified atom stereocenters. The van der Waals surface area contributed by atoms with E-state index in [0.717, 1.165) is 37.1 Å². The molecular weight excluding hydrogens is 403 g/mol. The molecule has 2 rings (SSSR count). The predicted molar refractivity (Wildman–Crippen MR) is 121 cm³/mol. The lowest BCUT2D eigenvalue weighted by Gasteiger charge is -2.23. The van der Waals surface area contributed by atoms with E-state index in [9.17, 15) is 9.18 Å². The smallest absolute Gasteiger partial charge is 0.319 e. The van der Waals surface area contributed by atoms with Crippen molar-refractivity contribution in [1.29, 1.82) is 0 Å². The zero-order valence-corrected chi connectivity index (χ0v) is 19.4. The molecule has 1 fully saturated rings. The average Bonchev–Trinajstić information content (AvgIpc) is 3.53. The van der Waals surface area contributed by atoms with Crippen LogP contribution < -0.4 is 14.8 Å². The van der Waals surface area contributed by atoms with E-state index in [0.29, 0.717) is 30.8 Å². The Balaban J connectivity index is 1.65. The van der Waals surface area contributed by atoms with Gasteiger partial charge in [-0.05, 0) is 68.7 Å². The van der Waals surface area contributed by atoms with Gasteiger partial charge in [0.2, 0.25) is 0 Å². The molecule has 1 aromatic rings. The zero-order chi connectivity index (χ0) is 21.8. The number of unbranched alkanes of at least 4 members (excludes halogenated alkanes) is 2. The van der Waals surface area contributed by atoms with E-state index in [-0.39, 0.29) is 24.4 Å². The highest BCUT2D eigenvalue weighted by molar-refractivity contribution is 7.97. The summed E-state index contributed by atoms with van der Waals surface area (Å²) in [7, 11) is 0. The Labute approximate surface area is 185 Å². The maximum absolute atomic E-state index is 14.1. The van der Waals surface area contributed by atoms with Gasteiger partial charge < -0.3 is 14.8 Å². The first kappa shape index (κ1) is 25.0. The summed E-state index contributed by atoms with van der Waals surface area (Å²) in [5.74, 6) is 1.87. The molecule has 0 amide bonds. The molecule has 5 nitrogen and oxygen atoms in total. The Morgan fingerprint density at radius 2 is 2.07 bits per heavy atom. The van der Waals surface area contributed by atoms with E-state index >= 15 is 0 Å². The fourth-order valence-electron chi connectivity index (χ4n) is 3.06. The second kappa shape index (κ2) is 13.9. The SMILES string of the molecule is CCOC(=O)CNCCCCCSNC(c1ccc(F)c(OCC2CC2)c1)C(C)C. The van der Waals surface area contributed by atoms with Crippen LogP contribution in [0.2, 0.25) is 0 Å². The number of nitrogens with one attached hydrogen (secondary N) is 2. The summed E-state index contributed by atoms with van der Waals surface area (Å²) < 4.78 is 28.2. The van der Waals surface area contributed by atoms with Crippen molar-refractivity contribution in [2.45, 2.75) is 58.9 Å². The molecule has 30 heavy (non-hydrogen) atoms. The van der Waals surface area contributed by atoms with E-state index < -0.39 is 0 Å². The standard InChI is InChI=1S/C23H37FN2O3S/c1-4-28-22(27)15-25-12-6-5-7-13-30-26-23(17(2)3)19-10-11-20(24)21(14-19)29-16-18-8-9-18/h10-11,14,17-18,23,25-26H,4-9,12-13,15-16H2,1-3H3. The minimum absolute atomic E-state index is 0.144. The second-order valence-corrected chi connectivity index (χ2v) is 9.11. The van der Waals surface area contributed by atoms with Crippen LogP contribution in [0.4, 0.5) is 4.39 Å². The van der Waals surface area contributed by atoms with Crippen LogP contribution in [0.1, 0.15) is 64.5 Å². The number of esters is 1. The van der Waals surface area contributed by atoms with Crippen molar-refractivity contribution in [3.8, 4) is 5.75 Å². The van der Waals surface area contributed by atoms with E-state index in [2.05, 4.69) is 23.9 Å². The van der Waals surface area contributed by atoms with Crippen LogP contribution >= 0.6 is 11.9 Å². The highest BCUT2D eigenvalue weighted by atomic mass is 32.2. The number of carbonyl (C=O) groups is 1. The van der Waals surface area contributed by atoms with Crippen molar-refractivity contribution in [3.05, 3.63) is 29.6 Å². The quantitative estimate of drug-likeness (QED) is 0.217. The number of benzene rings is 1. The average molecular weight is 441 g/mol. The van der Waals surface area contributed by atoms with Gasteiger partial charge in [0, 0.05) is 11.8 Å². The van der Waals surface area contributed by atoms with Crippen molar-refractivity contribution in [3.63, 3.8) is 0 Å². The van der Waals surface area contributed by atoms with Crippen molar-refractivity contribution in [1.82, 2.24) is 10.0 Å². The zero-order valence-electron chi connectivity index (χ0n) is 18.5. The van der Waals surface area contributed by atoms with Crippen LogP contribution in [0, 0.1) is 17.7 Å². The summed E-state index contributed by atoms with van der Waals surface area (Å²) in [5.41, 5.74) is 1.06. The van der Waals surface area contributed by atoms with Crippen molar-refractivity contribution >= 4 is 17.9 Å². The summed E-state index contributed by atoms with van der Waals surface area (Å²) in [6.45, 7) is 8.29. The number of halogens is 1. The van der Waals surface area contributed by atoms with Crippen LogP contribution in [-0.4, -0.2) is 38.0 Å². The Morgan fingerprint density at radius 3 is 2.77 bits per heavy atom. The van der Waals surface area contributed by atoms with Gasteiger partial charge in [0.25, 0.3) is 0 Å². The lowest BCUT2D eigenvalue weighted by atomic mass is 9.97. The minimum Gasteiger partial charge on any atom is -0.490 e. The van der Waals surface area contributed by atoms with Gasteiger partial charge in [-0.2, -0.15) is 0 Å². The van der Waals surface area contributed by atoms with E-state index in [4.69, 9.17) is 9.47 Å². The predicted octanol–water partition coefficient (Wildman–Crippen LogP) is 4.87. The maximum Gasteiger partial charge on any atom is 0.319 e. The first-order valence-electron chi connectivity index (χ1n) is 11.2. The molecule has 1 aliphatic carbocycles. The van der Waals surface area contributed by atoms with Crippen molar-refractivity contribution in [2.24, 2.45) is 11.8 Å². The third kappa shape index (κ3) is 9.67. The number of carbonyl (C=O) groups excluding carboxylic acids is 1. The summed E-state index contributed by atoms with van der Waals surface area (Å²) in [5, 5.41) is 3.11. The summed E-state index contributed by atoms with van der Waals surface area (Å²) in [4.78, 5) is 11.2. The molecule has 1 atom stereocenters. The highest BCUT2D eigenvalue weighted by Crippen LogP contribution is 2.32. The minimum atomic E-state index is -0.286. The largest absolute Gasteiger partial charge is 0.490 e. The molecular formula is C23H37FN2O3S. The molecule has 2 N–H and O–H groups in total. The molecule has 0 bridgehead atoms. The van der Waals surface area contributed by atoms with Crippen molar-refractivity contribution < 1.29 is 18.7 Å². The molecule has 0 spiro atoms. The Morgan fingerprint density at radius 1 is 1.27 bits per heavy atom. The maximum atomic E-state index is 14.1. The Hall–Kier alpha value is -1.31. The van der Waals surface area contributed by atoms with Gasteiger partial charge in [0.1, 0.15) is 0 Å². The lowest BCUT2D eigenvalue weighted by Crippen LogP contribution is -2.25. The fourth-order valence-corrected chi connectivity index (χ4v) is 4.11. The normalized spacial score (nSPS) is 14.7. The summed E-state index contributed by atoms with van der Waals surface area (Å²) in [6.07, 6.45) is 5.62. The lowest BCUT2D eigenvalue weighted by molar-refractivity contribution is -0.141. The van der Waals surface area contributed by atoms with Gasteiger partial charge in [-0.25, -0.2) is 4.39 Å². The molecule has 1 aromatic carbocycles. The van der Waals surface area contributed by atoms with Gasteiger partial charge in [-0.1, -0.05) is 38.3 Å². The number of hydrogen-bond acceptors (Lipinski definition) is 6. The van der Waals surface area contributed by atoms with Gasteiger partial charge in [0.15, 0.2) is 11.6 Å². The number of rotatable bonds is 16. The molecule has 7 heteroatoms. The van der Waals surface area contributed by atoms with E-state index in [1.54, 1.807) is 11.9 Å². The van der Waals surface area contributed by atoms with Gasteiger partial charge in [-0.3, -0.25) is 9.52 Å². The van der Waals surface area contributed by atoms with E-state index in [1.165, 1.54) is 18.9 Å². The van der Waals surface area contributed by atoms with Gasteiger partial charge in [0.05, 0.1) is 19.8 Å². The molecule has 1 aliphatic rings. The number of hydrogen-bond donors (Lipinski definition) is 2. The second-order valence-electron chi connectivity index (χ2n) is 8.17. The Kier molecular flexibility index (Phi) is 11.6. The fraction of sp³-hybridized carbons (Fsp3) is 0.696. The molecule has 0 radical (unpaired) electrons. The molecule has 0 aromatic heterocycles. The summed E-state index contributed by atoms with van der Waals surface area (Å²) in [6, 6.07) is 5.37. The van der Waals surface area contributed by atoms with E-state index in [1.807, 2.05) is 19.1 Å². The molecule has 0 aliphatic heterocycles. The third-order valence-corrected chi connectivity index (χ3v) is 5.95. The van der Waals surface area contributed by atoms with Crippen LogP contribution in [0.25, 0.3) is 0 Å². The Bertz CT molecular complexity index is 641. The highest BCUT2D eigenvalue weighted by Gasteiger charge is 2.23. The van der Waals surface area contributed by atoms with Crippen LogP contribution in [0.15, 0.2) is 18.2 Å². The first-order chi connectivity index (χ1) is 14.5. The van der Waals surface area contributed by atoms with Crippen LogP contribution in [-0.2, 0) is 9.53 Å².